The first-order valence-electron chi connectivity index (χ1n) is 5.24. The van der Waals surface area contributed by atoms with Crippen molar-refractivity contribution in [1.82, 2.24) is 15.5 Å². The number of nitrogens with one attached hydrogen (secondary N) is 1. The monoisotopic (exact) mass is 298 g/mol. The van der Waals surface area contributed by atoms with Gasteiger partial charge in [-0.15, -0.1) is 21.5 Å². The first-order valence-corrected chi connectivity index (χ1v) is 7.11. The highest BCUT2D eigenvalue weighted by Crippen LogP contribution is 2.26. The summed E-state index contributed by atoms with van der Waals surface area (Å²) in [5.41, 5.74) is 4.82. The van der Waals surface area contributed by atoms with Crippen molar-refractivity contribution >= 4 is 35.0 Å². The molecule has 0 unspecified atom stereocenters. The summed E-state index contributed by atoms with van der Waals surface area (Å²) in [5, 5.41) is 12.0. The second kappa shape index (κ2) is 6.34. The topological polar surface area (TPSA) is 111 Å². The summed E-state index contributed by atoms with van der Waals surface area (Å²) in [6.45, 7) is 0. The minimum atomic E-state index is -0.854. The van der Waals surface area contributed by atoms with Crippen molar-refractivity contribution in [2.24, 2.45) is 5.73 Å². The summed E-state index contributed by atoms with van der Waals surface area (Å²) >= 11 is 2.75. The Labute approximate surface area is 116 Å². The number of nitrogens with two attached hydrogens (primary N) is 1. The summed E-state index contributed by atoms with van der Waals surface area (Å²) in [7, 11) is 0. The lowest BCUT2D eigenvalue weighted by molar-refractivity contribution is -0.119. The molecule has 0 saturated heterocycles. The standard InChI is InChI=1S/C10H10N4O3S2/c11-9(16)12-7(15)3-5-19-10-14-13-8(17-10)6-2-1-4-18-6/h1-2,4H,3,5H2,(H3,11,12,15,16). The van der Waals surface area contributed by atoms with Crippen molar-refractivity contribution in [2.75, 3.05) is 5.75 Å². The molecule has 2 rings (SSSR count). The van der Waals surface area contributed by atoms with E-state index >= 15 is 0 Å². The quantitative estimate of drug-likeness (QED) is 0.809. The van der Waals surface area contributed by atoms with Crippen molar-refractivity contribution in [1.29, 1.82) is 0 Å². The van der Waals surface area contributed by atoms with Crippen LogP contribution in [0, 0.1) is 0 Å². The van der Waals surface area contributed by atoms with Gasteiger partial charge in [0.2, 0.25) is 5.91 Å². The molecule has 0 fully saturated rings. The van der Waals surface area contributed by atoms with Crippen molar-refractivity contribution in [2.45, 2.75) is 11.6 Å². The summed E-state index contributed by atoms with van der Waals surface area (Å²) in [6.07, 6.45) is 0.143. The van der Waals surface area contributed by atoms with E-state index < -0.39 is 11.9 Å². The normalized spacial score (nSPS) is 10.3. The molecular weight excluding hydrogens is 288 g/mol. The average Bonchev–Trinajstić information content (AvgIpc) is 2.97. The first kappa shape index (κ1) is 13.6. The Balaban J connectivity index is 1.81. The van der Waals surface area contributed by atoms with Crippen molar-refractivity contribution in [3.63, 3.8) is 0 Å². The third-order valence-corrected chi connectivity index (χ3v) is 3.63. The number of rotatable bonds is 5. The fraction of sp³-hybridized carbons (Fsp3) is 0.200. The van der Waals surface area contributed by atoms with Gasteiger partial charge in [-0.2, -0.15) is 0 Å². The van der Waals surface area contributed by atoms with Crippen LogP contribution in [0.3, 0.4) is 0 Å². The van der Waals surface area contributed by atoms with Crippen LogP contribution in [0.1, 0.15) is 6.42 Å². The smallest absolute Gasteiger partial charge is 0.318 e. The van der Waals surface area contributed by atoms with Gasteiger partial charge >= 0.3 is 6.03 Å². The SMILES string of the molecule is NC(=O)NC(=O)CCSc1nnc(-c2cccs2)o1. The van der Waals surface area contributed by atoms with Crippen LogP contribution >= 0.6 is 23.1 Å². The average molecular weight is 298 g/mol. The maximum Gasteiger partial charge on any atom is 0.318 e. The molecule has 7 nitrogen and oxygen atoms in total. The third-order valence-electron chi connectivity index (χ3n) is 1.96. The summed E-state index contributed by atoms with van der Waals surface area (Å²) in [6, 6.07) is 2.92. The molecule has 0 atom stereocenters. The highest BCUT2D eigenvalue weighted by molar-refractivity contribution is 7.99. The molecular formula is C10H10N4O3S2. The minimum Gasteiger partial charge on any atom is -0.410 e. The van der Waals surface area contributed by atoms with Gasteiger partial charge in [-0.3, -0.25) is 10.1 Å². The molecule has 0 saturated carbocycles. The number of imide groups is 1. The molecule has 9 heteroatoms. The first-order chi connectivity index (χ1) is 9.15. The van der Waals surface area contributed by atoms with Crippen LogP contribution in [0.5, 0.6) is 0 Å². The Hall–Kier alpha value is -1.87. The molecule has 0 aliphatic rings. The van der Waals surface area contributed by atoms with Gasteiger partial charge in [-0.1, -0.05) is 17.8 Å². The number of thioether (sulfide) groups is 1. The molecule has 0 aromatic carbocycles. The second-order valence-corrected chi connectivity index (χ2v) is 5.36. The van der Waals surface area contributed by atoms with Crippen LogP contribution in [0.2, 0.25) is 0 Å². The highest BCUT2D eigenvalue weighted by atomic mass is 32.2. The molecule has 19 heavy (non-hydrogen) atoms. The predicted molar refractivity (Wildman–Crippen MR) is 70.7 cm³/mol. The lowest BCUT2D eigenvalue weighted by Gasteiger charge is -1.98. The van der Waals surface area contributed by atoms with Crippen LogP contribution < -0.4 is 11.1 Å². The number of hydrogen-bond donors (Lipinski definition) is 2. The Kier molecular flexibility index (Phi) is 4.53. The molecule has 100 valence electrons. The second-order valence-electron chi connectivity index (χ2n) is 3.36. The molecule has 3 amide bonds. The number of amides is 3. The van der Waals surface area contributed by atoms with Gasteiger partial charge in [0.15, 0.2) is 0 Å². The third kappa shape index (κ3) is 4.07. The highest BCUT2D eigenvalue weighted by Gasteiger charge is 2.11. The zero-order valence-electron chi connectivity index (χ0n) is 9.66. The molecule has 0 aliphatic carbocycles. The molecule has 3 N–H and O–H groups in total. The van der Waals surface area contributed by atoms with Gasteiger partial charge in [-0.05, 0) is 11.4 Å². The Morgan fingerprint density at radius 2 is 2.32 bits per heavy atom. The number of carbonyl (C=O) groups excluding carboxylic acids is 2. The molecule has 2 aromatic rings. The van der Waals surface area contributed by atoms with Crippen molar-refractivity contribution in [3.8, 4) is 10.8 Å². The van der Waals surface area contributed by atoms with Gasteiger partial charge in [0.05, 0.1) is 4.88 Å². The molecule has 2 heterocycles. The Bertz CT molecular complexity index is 567. The van der Waals surface area contributed by atoms with E-state index in [1.54, 1.807) is 0 Å². The maximum absolute atomic E-state index is 11.1. The Morgan fingerprint density at radius 1 is 1.47 bits per heavy atom. The van der Waals surface area contributed by atoms with Crippen molar-refractivity contribution in [3.05, 3.63) is 17.5 Å². The number of aromatic nitrogens is 2. The fourth-order valence-corrected chi connectivity index (χ4v) is 2.54. The largest absolute Gasteiger partial charge is 0.410 e. The van der Waals surface area contributed by atoms with E-state index in [0.717, 1.165) is 4.88 Å². The molecule has 2 aromatic heterocycles. The maximum atomic E-state index is 11.1. The molecule has 0 spiro atoms. The van der Waals surface area contributed by atoms with E-state index in [-0.39, 0.29) is 6.42 Å². The number of urea groups is 1. The molecule has 0 radical (unpaired) electrons. The van der Waals surface area contributed by atoms with Gasteiger partial charge in [0, 0.05) is 12.2 Å². The van der Waals surface area contributed by atoms with E-state index in [1.807, 2.05) is 22.8 Å². The zero-order chi connectivity index (χ0) is 13.7. The van der Waals surface area contributed by atoms with E-state index in [4.69, 9.17) is 10.2 Å². The number of nitrogens with zero attached hydrogens (tertiary/aromatic N) is 2. The van der Waals surface area contributed by atoms with Gasteiger partial charge < -0.3 is 10.2 Å². The number of thiophene rings is 1. The number of primary amides is 1. The summed E-state index contributed by atoms with van der Waals surface area (Å²) in [4.78, 5) is 22.5. The lowest BCUT2D eigenvalue weighted by atomic mass is 10.4. The van der Waals surface area contributed by atoms with E-state index in [9.17, 15) is 9.59 Å². The van der Waals surface area contributed by atoms with E-state index in [2.05, 4.69) is 10.2 Å². The number of hydrogen-bond acceptors (Lipinski definition) is 7. The van der Waals surface area contributed by atoms with Crippen LogP contribution in [0.15, 0.2) is 27.2 Å². The predicted octanol–water partition coefficient (Wildman–Crippen LogP) is 1.48. The van der Waals surface area contributed by atoms with Crippen LogP contribution in [0.4, 0.5) is 4.79 Å². The van der Waals surface area contributed by atoms with Crippen molar-refractivity contribution < 1.29 is 14.0 Å². The van der Waals surface area contributed by atoms with Crippen LogP contribution in [0.25, 0.3) is 10.8 Å². The minimum absolute atomic E-state index is 0.143. The zero-order valence-corrected chi connectivity index (χ0v) is 11.3. The van der Waals surface area contributed by atoms with Gasteiger partial charge in [-0.25, -0.2) is 4.79 Å². The summed E-state index contributed by atoms with van der Waals surface area (Å²) < 4.78 is 5.42. The molecule has 0 bridgehead atoms. The van der Waals surface area contributed by atoms with E-state index in [0.29, 0.717) is 16.9 Å². The van der Waals surface area contributed by atoms with Crippen LogP contribution in [-0.4, -0.2) is 27.9 Å². The molecule has 0 aliphatic heterocycles. The number of carbonyl (C=O) groups is 2. The Morgan fingerprint density at radius 3 is 3.00 bits per heavy atom. The fourth-order valence-electron chi connectivity index (χ4n) is 1.20. The lowest BCUT2D eigenvalue weighted by Crippen LogP contribution is -2.35. The van der Waals surface area contributed by atoms with E-state index in [1.165, 1.54) is 23.1 Å². The van der Waals surface area contributed by atoms with Gasteiger partial charge in [0.25, 0.3) is 11.1 Å². The van der Waals surface area contributed by atoms with Gasteiger partial charge in [0.1, 0.15) is 0 Å². The summed E-state index contributed by atoms with van der Waals surface area (Å²) in [5.74, 6) is 0.447. The van der Waals surface area contributed by atoms with Crippen LogP contribution in [-0.2, 0) is 4.79 Å².